The number of nitrogens with one attached hydrogen (secondary N) is 1. The number of hydrogen-bond acceptors (Lipinski definition) is 5. The van der Waals surface area contributed by atoms with Crippen LogP contribution in [0.5, 0.6) is 0 Å². The maximum absolute atomic E-state index is 13.2. The summed E-state index contributed by atoms with van der Waals surface area (Å²) in [5.41, 5.74) is 5.97. The van der Waals surface area contributed by atoms with E-state index in [1.807, 2.05) is 30.3 Å². The number of aromatic nitrogens is 2. The van der Waals surface area contributed by atoms with Gasteiger partial charge in [0.15, 0.2) is 5.69 Å². The van der Waals surface area contributed by atoms with Crippen molar-refractivity contribution in [3.05, 3.63) is 123 Å². The number of amides is 1. The van der Waals surface area contributed by atoms with Crippen LogP contribution in [0.4, 0.5) is 15.9 Å². The van der Waals surface area contributed by atoms with E-state index >= 15 is 0 Å². The van der Waals surface area contributed by atoms with Gasteiger partial charge in [-0.3, -0.25) is 24.0 Å². The minimum absolute atomic E-state index is 0.101. The topological polar surface area (TPSA) is 114 Å². The predicted molar refractivity (Wildman–Crippen MR) is 127 cm³/mol. The quantitative estimate of drug-likeness (QED) is 0.411. The zero-order valence-corrected chi connectivity index (χ0v) is 18.0. The molecule has 0 aliphatic carbocycles. The number of carbonyl (C=O) groups excluding carboxylic acids is 1. The Morgan fingerprint density at radius 1 is 1.06 bits per heavy atom. The average molecular weight is 460 g/mol. The van der Waals surface area contributed by atoms with Crippen LogP contribution in [0.3, 0.4) is 0 Å². The van der Waals surface area contributed by atoms with Crippen LogP contribution in [0, 0.1) is 5.82 Å². The van der Waals surface area contributed by atoms with Crippen molar-refractivity contribution in [2.24, 2.45) is 0 Å². The molecule has 3 N–H and O–H groups in total. The summed E-state index contributed by atoms with van der Waals surface area (Å²) < 4.78 is 19.7. The van der Waals surface area contributed by atoms with Crippen LogP contribution in [-0.4, -0.2) is 15.5 Å². The third kappa shape index (κ3) is 5.04. The number of anilines is 2. The summed E-state index contributed by atoms with van der Waals surface area (Å²) >= 11 is 0. The van der Waals surface area contributed by atoms with Gasteiger partial charge < -0.3 is 10.2 Å². The van der Waals surface area contributed by atoms with Gasteiger partial charge in [0.05, 0.1) is 19.4 Å². The first-order chi connectivity index (χ1) is 16.4. The number of benzene rings is 2. The minimum atomic E-state index is -0.804. The predicted octanol–water partition coefficient (Wildman–Crippen LogP) is 3.15. The number of furan rings is 1. The maximum atomic E-state index is 13.2. The highest BCUT2D eigenvalue weighted by Gasteiger charge is 2.24. The molecule has 2 heterocycles. The van der Waals surface area contributed by atoms with Gasteiger partial charge in [0, 0.05) is 6.08 Å². The molecule has 0 bridgehead atoms. The summed E-state index contributed by atoms with van der Waals surface area (Å²) in [5, 5.41) is 0. The molecule has 4 rings (SSSR count). The van der Waals surface area contributed by atoms with Crippen molar-refractivity contribution in [3.8, 4) is 0 Å². The smallest absolute Gasteiger partial charge is 0.330 e. The van der Waals surface area contributed by atoms with Gasteiger partial charge in [0.1, 0.15) is 17.4 Å². The zero-order valence-electron chi connectivity index (χ0n) is 18.0. The van der Waals surface area contributed by atoms with Crippen LogP contribution in [0.15, 0.2) is 93.1 Å². The van der Waals surface area contributed by atoms with E-state index in [1.54, 1.807) is 12.1 Å². The Balaban J connectivity index is 1.75. The molecule has 1 amide bonds. The molecule has 0 radical (unpaired) electrons. The zero-order chi connectivity index (χ0) is 24.1. The second-order valence-electron chi connectivity index (χ2n) is 7.45. The first-order valence-electron chi connectivity index (χ1n) is 10.4. The number of nitrogen functional groups attached to an aromatic ring is 1. The first-order valence-corrected chi connectivity index (χ1v) is 10.4. The molecular weight excluding hydrogens is 439 g/mol. The summed E-state index contributed by atoms with van der Waals surface area (Å²) in [6.45, 7) is -0.0000994. The van der Waals surface area contributed by atoms with Crippen LogP contribution in [-0.2, 0) is 17.9 Å². The fourth-order valence-corrected chi connectivity index (χ4v) is 3.42. The van der Waals surface area contributed by atoms with Crippen molar-refractivity contribution in [2.75, 3.05) is 10.6 Å². The van der Waals surface area contributed by atoms with E-state index in [4.69, 9.17) is 10.2 Å². The van der Waals surface area contributed by atoms with Crippen LogP contribution in [0.2, 0.25) is 0 Å². The number of nitrogens with zero attached hydrogens (tertiary/aromatic N) is 2. The van der Waals surface area contributed by atoms with Gasteiger partial charge in [-0.1, -0.05) is 42.5 Å². The molecule has 0 atom stereocenters. The van der Waals surface area contributed by atoms with E-state index < -0.39 is 23.0 Å². The van der Waals surface area contributed by atoms with Crippen LogP contribution in [0.25, 0.3) is 6.08 Å². The van der Waals surface area contributed by atoms with Gasteiger partial charge in [-0.15, -0.1) is 0 Å². The van der Waals surface area contributed by atoms with E-state index in [1.165, 1.54) is 47.2 Å². The molecule has 0 spiro atoms. The fourth-order valence-electron chi connectivity index (χ4n) is 3.42. The normalized spacial score (nSPS) is 11.1. The van der Waals surface area contributed by atoms with Crippen molar-refractivity contribution >= 4 is 23.5 Å². The number of hydrogen-bond donors (Lipinski definition) is 2. The molecule has 0 fully saturated rings. The van der Waals surface area contributed by atoms with Crippen molar-refractivity contribution in [2.45, 2.75) is 13.1 Å². The third-order valence-corrected chi connectivity index (χ3v) is 5.12. The lowest BCUT2D eigenvalue weighted by molar-refractivity contribution is -0.114. The van der Waals surface area contributed by atoms with Gasteiger partial charge in [-0.25, -0.2) is 9.18 Å². The number of H-pyrrole nitrogens is 1. The van der Waals surface area contributed by atoms with E-state index in [2.05, 4.69) is 4.98 Å². The van der Waals surface area contributed by atoms with Crippen molar-refractivity contribution in [1.82, 2.24) is 9.55 Å². The van der Waals surface area contributed by atoms with Crippen LogP contribution in [0.1, 0.15) is 16.9 Å². The SMILES string of the molecule is Nc1c(N(Cc2ccco2)C(=O)/C=C\c2ccc(F)cc2)c(=O)[nH]c(=O)n1Cc1ccccc1. The Hall–Kier alpha value is -4.66. The minimum Gasteiger partial charge on any atom is -0.467 e. The molecule has 34 heavy (non-hydrogen) atoms. The molecule has 4 aromatic rings. The number of halogens is 1. The van der Waals surface area contributed by atoms with Gasteiger partial charge in [0.2, 0.25) is 0 Å². The molecule has 0 aliphatic heterocycles. The molecule has 8 nitrogen and oxygen atoms in total. The van der Waals surface area contributed by atoms with E-state index in [0.29, 0.717) is 11.3 Å². The highest BCUT2D eigenvalue weighted by Crippen LogP contribution is 2.21. The Morgan fingerprint density at radius 2 is 1.79 bits per heavy atom. The summed E-state index contributed by atoms with van der Waals surface area (Å²) in [5.74, 6) is -0.735. The van der Waals surface area contributed by atoms with Crippen molar-refractivity contribution < 1.29 is 13.6 Å². The Labute approximate surface area is 193 Å². The van der Waals surface area contributed by atoms with Crippen molar-refractivity contribution in [1.29, 1.82) is 0 Å². The standard InChI is InChI=1S/C25H21FN4O4/c26-19-11-8-17(9-12-19)10-13-21(31)29(16-20-7-4-14-34-20)22-23(27)30(25(33)28-24(22)32)15-18-5-2-1-3-6-18/h1-14H,15-16,27H2,(H,28,32,33)/b13-10-. The summed E-state index contributed by atoms with van der Waals surface area (Å²) in [7, 11) is 0. The summed E-state index contributed by atoms with van der Waals surface area (Å²) in [4.78, 5) is 41.9. The molecule has 0 saturated heterocycles. The second kappa shape index (κ2) is 9.86. The molecule has 0 saturated carbocycles. The van der Waals surface area contributed by atoms with E-state index in [0.717, 1.165) is 10.5 Å². The largest absolute Gasteiger partial charge is 0.467 e. The number of nitrogens with two attached hydrogens (primary N) is 1. The highest BCUT2D eigenvalue weighted by atomic mass is 19.1. The van der Waals surface area contributed by atoms with Gasteiger partial charge in [-0.05, 0) is 41.5 Å². The Morgan fingerprint density at radius 3 is 2.47 bits per heavy atom. The number of rotatable bonds is 7. The lowest BCUT2D eigenvalue weighted by Crippen LogP contribution is -2.40. The molecule has 172 valence electrons. The maximum Gasteiger partial charge on any atom is 0.330 e. The third-order valence-electron chi connectivity index (χ3n) is 5.12. The van der Waals surface area contributed by atoms with E-state index in [-0.39, 0.29) is 24.6 Å². The highest BCUT2D eigenvalue weighted by molar-refractivity contribution is 6.05. The Bertz CT molecular complexity index is 1420. The monoisotopic (exact) mass is 460 g/mol. The summed E-state index contributed by atoms with van der Waals surface area (Å²) in [6, 6.07) is 18.0. The average Bonchev–Trinajstić information content (AvgIpc) is 3.34. The van der Waals surface area contributed by atoms with Gasteiger partial charge in [-0.2, -0.15) is 0 Å². The van der Waals surface area contributed by atoms with Crippen LogP contribution < -0.4 is 21.9 Å². The Kier molecular flexibility index (Phi) is 6.54. The number of carbonyl (C=O) groups is 1. The number of aromatic amines is 1. The lowest BCUT2D eigenvalue weighted by Gasteiger charge is -2.22. The molecule has 0 unspecified atom stereocenters. The summed E-state index contributed by atoms with van der Waals surface area (Å²) in [6.07, 6.45) is 4.17. The molecule has 9 heteroatoms. The second-order valence-corrected chi connectivity index (χ2v) is 7.45. The first kappa shape index (κ1) is 22.5. The molecular formula is C25H21FN4O4. The molecule has 0 aliphatic rings. The fraction of sp³-hybridized carbons (Fsp3) is 0.0800. The van der Waals surface area contributed by atoms with Gasteiger partial charge in [0.25, 0.3) is 11.5 Å². The van der Waals surface area contributed by atoms with Crippen molar-refractivity contribution in [3.63, 3.8) is 0 Å². The molecule has 2 aromatic carbocycles. The van der Waals surface area contributed by atoms with Crippen LogP contribution >= 0.6 is 0 Å². The van der Waals surface area contributed by atoms with Gasteiger partial charge >= 0.3 is 5.69 Å². The van der Waals surface area contributed by atoms with E-state index in [9.17, 15) is 18.8 Å². The lowest BCUT2D eigenvalue weighted by atomic mass is 10.2. The molecule has 2 aromatic heterocycles.